The Labute approximate surface area is 140 Å². The van der Waals surface area contributed by atoms with Gasteiger partial charge in [-0.15, -0.1) is 0 Å². The molecule has 0 saturated heterocycles. The first-order valence-corrected chi connectivity index (χ1v) is 8.90. The molecule has 0 aromatic heterocycles. The number of alkyl halides is 3. The molecular formula is C19H15F3OS. The largest absolute Gasteiger partial charge is 0.416 e. The van der Waals surface area contributed by atoms with E-state index < -0.39 is 22.5 Å². The highest BCUT2D eigenvalue weighted by Gasteiger charge is 2.33. The van der Waals surface area contributed by atoms with Gasteiger partial charge in [0, 0.05) is 22.3 Å². The van der Waals surface area contributed by atoms with Gasteiger partial charge in [-0.05, 0) is 28.0 Å². The minimum absolute atomic E-state index is 0.0728. The van der Waals surface area contributed by atoms with E-state index in [0.29, 0.717) is 0 Å². The van der Waals surface area contributed by atoms with Gasteiger partial charge in [0.15, 0.2) is 0 Å². The fourth-order valence-corrected chi connectivity index (χ4v) is 4.04. The average molecular weight is 348 g/mol. The molecule has 24 heavy (non-hydrogen) atoms. The van der Waals surface area contributed by atoms with Crippen molar-refractivity contribution in [1.29, 1.82) is 0 Å². The summed E-state index contributed by atoms with van der Waals surface area (Å²) >= 11 is 0. The van der Waals surface area contributed by atoms with Gasteiger partial charge in [0.2, 0.25) is 0 Å². The van der Waals surface area contributed by atoms with E-state index in [1.807, 2.05) is 42.5 Å². The zero-order valence-corrected chi connectivity index (χ0v) is 13.5. The SMILES string of the molecule is O=[S@@](Cc1ccccc1C(F)(F)F)Cc1cccc2ccccc12. The summed E-state index contributed by atoms with van der Waals surface area (Å²) in [6.45, 7) is 0. The van der Waals surface area contributed by atoms with Crippen LogP contribution in [0.25, 0.3) is 10.8 Å². The van der Waals surface area contributed by atoms with Crippen LogP contribution < -0.4 is 0 Å². The van der Waals surface area contributed by atoms with Crippen molar-refractivity contribution in [3.63, 3.8) is 0 Å². The standard InChI is InChI=1S/C19H15F3OS/c20-19(21,22)18-11-4-2-7-16(18)13-24(23)12-15-9-5-8-14-6-1-3-10-17(14)15/h1-11H,12-13H2/t24-/m1/s1. The minimum Gasteiger partial charge on any atom is -0.259 e. The van der Waals surface area contributed by atoms with Crippen molar-refractivity contribution in [3.8, 4) is 0 Å². The van der Waals surface area contributed by atoms with Crippen molar-refractivity contribution in [2.24, 2.45) is 0 Å². The van der Waals surface area contributed by atoms with E-state index in [1.54, 1.807) is 6.07 Å². The van der Waals surface area contributed by atoms with Crippen LogP contribution >= 0.6 is 0 Å². The summed E-state index contributed by atoms with van der Waals surface area (Å²) in [6, 6.07) is 18.7. The predicted octanol–water partition coefficient (Wildman–Crippen LogP) is 5.31. The summed E-state index contributed by atoms with van der Waals surface area (Å²) in [6.07, 6.45) is -4.43. The molecular weight excluding hydrogens is 333 g/mol. The van der Waals surface area contributed by atoms with Gasteiger partial charge >= 0.3 is 6.18 Å². The second kappa shape index (κ2) is 6.77. The highest BCUT2D eigenvalue weighted by atomic mass is 32.2. The van der Waals surface area contributed by atoms with Crippen molar-refractivity contribution in [2.45, 2.75) is 17.7 Å². The van der Waals surface area contributed by atoms with E-state index in [1.165, 1.54) is 12.1 Å². The van der Waals surface area contributed by atoms with E-state index in [0.717, 1.165) is 22.4 Å². The molecule has 0 unspecified atom stereocenters. The Morgan fingerprint density at radius 3 is 2.12 bits per heavy atom. The van der Waals surface area contributed by atoms with Gasteiger partial charge < -0.3 is 0 Å². The van der Waals surface area contributed by atoms with Gasteiger partial charge in [-0.2, -0.15) is 13.2 Å². The number of hydrogen-bond acceptors (Lipinski definition) is 1. The van der Waals surface area contributed by atoms with Crippen LogP contribution in [0.1, 0.15) is 16.7 Å². The maximum absolute atomic E-state index is 13.0. The van der Waals surface area contributed by atoms with Crippen LogP contribution in [0.15, 0.2) is 66.7 Å². The molecule has 0 radical (unpaired) electrons. The molecule has 124 valence electrons. The van der Waals surface area contributed by atoms with Crippen molar-refractivity contribution in [2.75, 3.05) is 0 Å². The Morgan fingerprint density at radius 1 is 0.750 bits per heavy atom. The van der Waals surface area contributed by atoms with Gasteiger partial charge in [0.1, 0.15) is 0 Å². The van der Waals surface area contributed by atoms with Gasteiger partial charge in [-0.1, -0.05) is 60.7 Å². The third kappa shape index (κ3) is 3.67. The Kier molecular flexibility index (Phi) is 4.71. The minimum atomic E-state index is -4.43. The van der Waals surface area contributed by atoms with Crippen molar-refractivity contribution in [1.82, 2.24) is 0 Å². The molecule has 3 rings (SSSR count). The van der Waals surface area contributed by atoms with E-state index >= 15 is 0 Å². The van der Waals surface area contributed by atoms with Crippen LogP contribution in [0.4, 0.5) is 13.2 Å². The number of halogens is 3. The Hall–Kier alpha value is -2.14. The summed E-state index contributed by atoms with van der Waals surface area (Å²) in [4.78, 5) is 0. The zero-order valence-electron chi connectivity index (χ0n) is 12.7. The lowest BCUT2D eigenvalue weighted by Gasteiger charge is -2.13. The van der Waals surface area contributed by atoms with Crippen LogP contribution in [0.2, 0.25) is 0 Å². The van der Waals surface area contributed by atoms with Gasteiger partial charge in [-0.3, -0.25) is 4.21 Å². The van der Waals surface area contributed by atoms with Crippen molar-refractivity contribution in [3.05, 3.63) is 83.4 Å². The lowest BCUT2D eigenvalue weighted by Crippen LogP contribution is -2.11. The van der Waals surface area contributed by atoms with Crippen LogP contribution in [0.5, 0.6) is 0 Å². The fourth-order valence-electron chi connectivity index (χ4n) is 2.74. The number of fused-ring (bicyclic) bond motifs is 1. The summed E-state index contributed by atoms with van der Waals surface area (Å²) in [7, 11) is -1.42. The van der Waals surface area contributed by atoms with E-state index in [4.69, 9.17) is 0 Å². The van der Waals surface area contributed by atoms with E-state index in [-0.39, 0.29) is 17.1 Å². The average Bonchev–Trinajstić information content (AvgIpc) is 2.54. The van der Waals surface area contributed by atoms with Gasteiger partial charge in [0.05, 0.1) is 5.56 Å². The summed E-state index contributed by atoms with van der Waals surface area (Å²) in [5.74, 6) is 0.118. The number of benzene rings is 3. The highest BCUT2D eigenvalue weighted by Crippen LogP contribution is 2.32. The van der Waals surface area contributed by atoms with Crippen LogP contribution in [-0.2, 0) is 28.5 Å². The number of hydrogen-bond donors (Lipinski definition) is 0. The molecule has 0 aliphatic heterocycles. The molecule has 3 aromatic carbocycles. The third-order valence-corrected chi connectivity index (χ3v) is 5.10. The zero-order chi connectivity index (χ0) is 17.2. The van der Waals surface area contributed by atoms with Crippen LogP contribution in [0.3, 0.4) is 0 Å². The molecule has 5 heteroatoms. The Bertz CT molecular complexity index is 882. The molecule has 0 amide bonds. The first-order chi connectivity index (χ1) is 11.4. The smallest absolute Gasteiger partial charge is 0.259 e. The lowest BCUT2D eigenvalue weighted by molar-refractivity contribution is -0.138. The molecule has 0 aliphatic rings. The molecule has 0 saturated carbocycles. The van der Waals surface area contributed by atoms with E-state index in [2.05, 4.69) is 0 Å². The predicted molar refractivity (Wildman–Crippen MR) is 90.9 cm³/mol. The normalized spacial score (nSPS) is 13.1. The van der Waals surface area contributed by atoms with Crippen molar-refractivity contribution < 1.29 is 17.4 Å². The molecule has 0 aliphatic carbocycles. The quantitative estimate of drug-likeness (QED) is 0.625. The topological polar surface area (TPSA) is 17.1 Å². The van der Waals surface area contributed by atoms with Crippen molar-refractivity contribution >= 4 is 21.6 Å². The molecule has 1 nitrogen and oxygen atoms in total. The second-order valence-corrected chi connectivity index (χ2v) is 6.98. The molecule has 0 fully saturated rings. The monoisotopic (exact) mass is 348 g/mol. The summed E-state index contributed by atoms with van der Waals surface area (Å²) in [5, 5.41) is 2.01. The van der Waals surface area contributed by atoms with Gasteiger partial charge in [-0.25, -0.2) is 0 Å². The molecule has 1 atom stereocenters. The molecule has 0 spiro atoms. The molecule has 0 bridgehead atoms. The number of rotatable bonds is 4. The second-order valence-electron chi connectivity index (χ2n) is 5.52. The first kappa shape index (κ1) is 16.7. The maximum atomic E-state index is 13.0. The highest BCUT2D eigenvalue weighted by molar-refractivity contribution is 7.83. The van der Waals surface area contributed by atoms with Crippen LogP contribution in [-0.4, -0.2) is 4.21 Å². The maximum Gasteiger partial charge on any atom is 0.416 e. The lowest BCUT2D eigenvalue weighted by atomic mass is 10.1. The third-order valence-electron chi connectivity index (χ3n) is 3.84. The fraction of sp³-hybridized carbons (Fsp3) is 0.158. The first-order valence-electron chi connectivity index (χ1n) is 7.42. The van der Waals surface area contributed by atoms with Gasteiger partial charge in [0.25, 0.3) is 0 Å². The Balaban J connectivity index is 1.84. The Morgan fingerprint density at radius 2 is 1.33 bits per heavy atom. The molecule has 0 N–H and O–H groups in total. The summed E-state index contributed by atoms with van der Waals surface area (Å²) < 4.78 is 51.6. The van der Waals surface area contributed by atoms with Crippen LogP contribution in [0, 0.1) is 0 Å². The summed E-state index contributed by atoms with van der Waals surface area (Å²) in [5.41, 5.74) is 0.246. The molecule has 0 heterocycles. The van der Waals surface area contributed by atoms with E-state index in [9.17, 15) is 17.4 Å². The molecule has 3 aromatic rings.